The van der Waals surface area contributed by atoms with Gasteiger partial charge in [-0.2, -0.15) is 0 Å². The minimum absolute atomic E-state index is 0.0994. The minimum Gasteiger partial charge on any atom is -0.462 e. The van der Waals surface area contributed by atoms with Crippen LogP contribution in [0.25, 0.3) is 0 Å². The van der Waals surface area contributed by atoms with Gasteiger partial charge in [0.15, 0.2) is 6.10 Å². The summed E-state index contributed by atoms with van der Waals surface area (Å²) < 4.78 is 16.6. The molecule has 0 aromatic carbocycles. The second-order valence-electron chi connectivity index (χ2n) is 21.0. The lowest BCUT2D eigenvalue weighted by atomic mass is 10.0. The zero-order chi connectivity index (χ0) is 52.9. The molecule has 0 spiro atoms. The van der Waals surface area contributed by atoms with Crippen LogP contribution < -0.4 is 0 Å². The standard InChI is InChI=1S/C67H118O6/c1-4-7-10-13-15-17-19-21-23-24-25-26-27-28-29-30-31-32-33-34-35-36-37-38-39-40-41-42-44-45-47-49-51-54-57-60-66(69)72-63-64(62-71-65(68)59-56-53-12-9-6-3)73-67(70)61-58-55-52-50-48-46-43-22-20-18-16-14-11-8-5-2/h8,11,16,18,22,24-25,43,48,50,55,58,64H,4-7,9-10,12-15,17,19-21,23,26-42,44-47,49,51-54,56-57,59-63H2,1-3H3/b11-8-,18-16-,25-24-,43-22-,50-48-,58-55-. The molecule has 1 atom stereocenters. The molecule has 422 valence electrons. The SMILES string of the molecule is CC/C=C\C/C=C\C/C=C\C/C=C\C/C=C\CC(=O)OC(COC(=O)CCCCCCC)COC(=O)CCCCCCCCCCCCCCCCCCCCCCCCC/C=C\CCCCCCCCCC. The number of unbranched alkanes of at least 4 members (excludes halogenated alkanes) is 35. The lowest BCUT2D eigenvalue weighted by Gasteiger charge is -2.18. The van der Waals surface area contributed by atoms with Gasteiger partial charge in [0.1, 0.15) is 13.2 Å². The summed E-state index contributed by atoms with van der Waals surface area (Å²) in [6.45, 7) is 6.37. The fourth-order valence-corrected chi connectivity index (χ4v) is 9.05. The predicted octanol–water partition coefficient (Wildman–Crippen LogP) is 21.3. The highest BCUT2D eigenvalue weighted by Crippen LogP contribution is 2.17. The zero-order valence-electron chi connectivity index (χ0n) is 48.4. The molecule has 6 nitrogen and oxygen atoms in total. The van der Waals surface area contributed by atoms with Gasteiger partial charge in [0.05, 0.1) is 6.42 Å². The Balaban J connectivity index is 3.91. The van der Waals surface area contributed by atoms with Crippen LogP contribution in [0.5, 0.6) is 0 Å². The quantitative estimate of drug-likeness (QED) is 0.0261. The van der Waals surface area contributed by atoms with E-state index < -0.39 is 12.1 Å². The monoisotopic (exact) mass is 1020 g/mol. The van der Waals surface area contributed by atoms with Crippen molar-refractivity contribution in [1.29, 1.82) is 0 Å². The number of ether oxygens (including phenoxy) is 3. The molecule has 0 N–H and O–H groups in total. The molecular weight excluding hydrogens is 901 g/mol. The second-order valence-corrected chi connectivity index (χ2v) is 21.0. The van der Waals surface area contributed by atoms with E-state index in [1.807, 2.05) is 6.08 Å². The fraction of sp³-hybridized carbons (Fsp3) is 0.776. The first kappa shape index (κ1) is 69.8. The average molecular weight is 1020 g/mol. The van der Waals surface area contributed by atoms with Crippen molar-refractivity contribution in [3.63, 3.8) is 0 Å². The predicted molar refractivity (Wildman–Crippen MR) is 316 cm³/mol. The zero-order valence-corrected chi connectivity index (χ0v) is 48.4. The van der Waals surface area contributed by atoms with Crippen molar-refractivity contribution in [3.05, 3.63) is 72.9 Å². The lowest BCUT2D eigenvalue weighted by Crippen LogP contribution is -2.30. The van der Waals surface area contributed by atoms with Crippen LogP contribution >= 0.6 is 0 Å². The van der Waals surface area contributed by atoms with Crippen LogP contribution in [0, 0.1) is 0 Å². The maximum absolute atomic E-state index is 12.7. The number of hydrogen-bond acceptors (Lipinski definition) is 6. The van der Waals surface area contributed by atoms with Crippen molar-refractivity contribution < 1.29 is 28.6 Å². The van der Waals surface area contributed by atoms with Gasteiger partial charge in [-0.05, 0) is 70.6 Å². The van der Waals surface area contributed by atoms with Crippen molar-refractivity contribution in [3.8, 4) is 0 Å². The van der Waals surface area contributed by atoms with E-state index in [1.165, 1.54) is 193 Å². The van der Waals surface area contributed by atoms with Gasteiger partial charge in [-0.3, -0.25) is 14.4 Å². The molecule has 0 aromatic rings. The number of carbonyl (C=O) groups is 3. The van der Waals surface area contributed by atoms with Crippen LogP contribution in [0.15, 0.2) is 72.9 Å². The third kappa shape index (κ3) is 59.6. The first-order valence-electron chi connectivity index (χ1n) is 31.4. The molecule has 0 saturated heterocycles. The first-order chi connectivity index (χ1) is 36.0. The number of esters is 3. The Kier molecular flexibility index (Phi) is 58.7. The van der Waals surface area contributed by atoms with Gasteiger partial charge in [0.2, 0.25) is 0 Å². The van der Waals surface area contributed by atoms with E-state index in [1.54, 1.807) is 6.08 Å². The van der Waals surface area contributed by atoms with E-state index in [0.29, 0.717) is 12.8 Å². The largest absolute Gasteiger partial charge is 0.462 e. The van der Waals surface area contributed by atoms with Gasteiger partial charge in [-0.25, -0.2) is 0 Å². The molecule has 0 amide bonds. The molecule has 0 aromatic heterocycles. The maximum atomic E-state index is 12.7. The average Bonchev–Trinajstić information content (AvgIpc) is 3.39. The van der Waals surface area contributed by atoms with Crippen molar-refractivity contribution in [2.75, 3.05) is 13.2 Å². The topological polar surface area (TPSA) is 78.9 Å². The molecule has 0 aliphatic carbocycles. The molecule has 0 aliphatic rings. The molecule has 0 heterocycles. The van der Waals surface area contributed by atoms with Gasteiger partial charge in [-0.15, -0.1) is 0 Å². The highest BCUT2D eigenvalue weighted by Gasteiger charge is 2.19. The number of carbonyl (C=O) groups excluding carboxylic acids is 3. The number of hydrogen-bond donors (Lipinski definition) is 0. The molecule has 0 radical (unpaired) electrons. The Morgan fingerprint density at radius 3 is 0.890 bits per heavy atom. The Labute approximate surface area is 453 Å². The van der Waals surface area contributed by atoms with E-state index in [0.717, 1.165) is 83.5 Å². The summed E-state index contributed by atoms with van der Waals surface area (Å²) in [6, 6.07) is 0. The normalized spacial score (nSPS) is 12.5. The van der Waals surface area contributed by atoms with Crippen molar-refractivity contribution in [1.82, 2.24) is 0 Å². The van der Waals surface area contributed by atoms with Crippen LogP contribution in [-0.4, -0.2) is 37.2 Å². The molecular formula is C67H118O6. The third-order valence-corrected chi connectivity index (χ3v) is 13.7. The van der Waals surface area contributed by atoms with Crippen LogP contribution in [-0.2, 0) is 28.6 Å². The van der Waals surface area contributed by atoms with E-state index in [9.17, 15) is 14.4 Å². The summed E-state index contributed by atoms with van der Waals surface area (Å²) in [5.41, 5.74) is 0. The van der Waals surface area contributed by atoms with Gasteiger partial charge >= 0.3 is 17.9 Å². The van der Waals surface area contributed by atoms with Crippen molar-refractivity contribution in [2.24, 2.45) is 0 Å². The molecule has 0 bridgehead atoms. The van der Waals surface area contributed by atoms with E-state index in [4.69, 9.17) is 14.2 Å². The molecule has 73 heavy (non-hydrogen) atoms. The second kappa shape index (κ2) is 61.4. The summed E-state index contributed by atoms with van der Waals surface area (Å²) in [6.07, 6.45) is 80.2. The van der Waals surface area contributed by atoms with Crippen LogP contribution in [0.2, 0.25) is 0 Å². The molecule has 0 rings (SSSR count). The summed E-state index contributed by atoms with van der Waals surface area (Å²) in [7, 11) is 0. The third-order valence-electron chi connectivity index (χ3n) is 13.7. The Morgan fingerprint density at radius 1 is 0.301 bits per heavy atom. The van der Waals surface area contributed by atoms with E-state index in [-0.39, 0.29) is 31.6 Å². The molecule has 0 fully saturated rings. The summed E-state index contributed by atoms with van der Waals surface area (Å²) in [4.78, 5) is 37.7. The smallest absolute Gasteiger partial charge is 0.310 e. The van der Waals surface area contributed by atoms with Gasteiger partial charge in [-0.1, -0.05) is 299 Å². The van der Waals surface area contributed by atoms with Crippen LogP contribution in [0.4, 0.5) is 0 Å². The maximum Gasteiger partial charge on any atom is 0.310 e. The van der Waals surface area contributed by atoms with Crippen LogP contribution in [0.3, 0.4) is 0 Å². The van der Waals surface area contributed by atoms with Crippen molar-refractivity contribution in [2.45, 2.75) is 322 Å². The van der Waals surface area contributed by atoms with E-state index >= 15 is 0 Å². The van der Waals surface area contributed by atoms with Gasteiger partial charge in [0, 0.05) is 12.8 Å². The molecule has 6 heteroatoms. The van der Waals surface area contributed by atoms with Crippen LogP contribution in [0.1, 0.15) is 316 Å². The van der Waals surface area contributed by atoms with E-state index in [2.05, 4.69) is 81.5 Å². The molecule has 0 aliphatic heterocycles. The number of allylic oxidation sites excluding steroid dienone is 11. The summed E-state index contributed by atoms with van der Waals surface area (Å²) in [5.74, 6) is -1.05. The summed E-state index contributed by atoms with van der Waals surface area (Å²) >= 11 is 0. The number of rotatable bonds is 57. The highest BCUT2D eigenvalue weighted by molar-refractivity contribution is 5.72. The Bertz CT molecular complexity index is 1360. The summed E-state index contributed by atoms with van der Waals surface area (Å²) in [5, 5.41) is 0. The molecule has 0 saturated carbocycles. The Morgan fingerprint density at radius 2 is 0.575 bits per heavy atom. The van der Waals surface area contributed by atoms with Gasteiger partial charge in [0.25, 0.3) is 0 Å². The lowest BCUT2D eigenvalue weighted by molar-refractivity contribution is -0.166. The molecule has 1 unspecified atom stereocenters. The van der Waals surface area contributed by atoms with Gasteiger partial charge < -0.3 is 14.2 Å². The fourth-order valence-electron chi connectivity index (χ4n) is 9.05. The van der Waals surface area contributed by atoms with Crippen molar-refractivity contribution >= 4 is 17.9 Å². The Hall–Kier alpha value is -3.15. The first-order valence-corrected chi connectivity index (χ1v) is 31.4. The minimum atomic E-state index is -0.824. The highest BCUT2D eigenvalue weighted by atomic mass is 16.6.